The third-order valence-corrected chi connectivity index (χ3v) is 7.09. The van der Waals surface area contributed by atoms with Gasteiger partial charge in [0, 0.05) is 27.8 Å². The van der Waals surface area contributed by atoms with Crippen molar-refractivity contribution in [3.8, 4) is 11.5 Å². The summed E-state index contributed by atoms with van der Waals surface area (Å²) in [6, 6.07) is 19.6. The van der Waals surface area contributed by atoms with E-state index in [9.17, 15) is 31.9 Å². The summed E-state index contributed by atoms with van der Waals surface area (Å²) in [6.07, 6.45) is 1.42. The van der Waals surface area contributed by atoms with Crippen molar-refractivity contribution < 1.29 is 41.4 Å². The van der Waals surface area contributed by atoms with E-state index in [0.717, 1.165) is 11.8 Å². The first-order valence-electron chi connectivity index (χ1n) is 13.1. The summed E-state index contributed by atoms with van der Waals surface area (Å²) < 4.78 is 65.5. The minimum atomic E-state index is -1.73. The molecule has 0 aliphatic rings. The summed E-state index contributed by atoms with van der Waals surface area (Å²) in [5.41, 5.74) is -0.321. The smallest absolute Gasteiger partial charge is 0.272 e. The third kappa shape index (κ3) is 8.21. The van der Waals surface area contributed by atoms with E-state index in [1.165, 1.54) is 26.4 Å². The number of amides is 3. The number of benzene rings is 4. The zero-order valence-corrected chi connectivity index (χ0v) is 24.6. The Labute approximate surface area is 259 Å². The number of para-hydroxylation sites is 1. The fraction of sp³-hybridized carbons (Fsp3) is 0.0938. The number of carbonyl (C=O) groups is 3. The van der Waals surface area contributed by atoms with E-state index in [0.29, 0.717) is 27.5 Å². The molecule has 232 valence electrons. The molecule has 4 aromatic rings. The van der Waals surface area contributed by atoms with Gasteiger partial charge in [0.05, 0.1) is 20.0 Å². The standard InChI is InChI=1S/C32H25F4N3O5S/c1-43-25-13-6-10-19(30(25)44-2)14-24(38-31(41)18-8-4-3-5-9-18)32(42)37-20-11-7-12-21(15-20)45-17-26(40)39-29-27(35)22(33)16-23(34)28(29)36/h3-16H,17H2,1-2H3,(H,37,42)(H,38,41)(H,39,40)/b24-14+. The molecule has 0 unspecified atom stereocenters. The average Bonchev–Trinajstić information content (AvgIpc) is 3.04. The number of nitrogens with one attached hydrogen (secondary N) is 3. The van der Waals surface area contributed by atoms with Crippen LogP contribution in [0.15, 0.2) is 89.5 Å². The number of hydrogen-bond acceptors (Lipinski definition) is 6. The number of thioether (sulfide) groups is 1. The summed E-state index contributed by atoms with van der Waals surface area (Å²) in [5, 5.41) is 7.15. The van der Waals surface area contributed by atoms with Gasteiger partial charge in [0.25, 0.3) is 11.8 Å². The van der Waals surface area contributed by atoms with Crippen LogP contribution in [0.5, 0.6) is 11.5 Å². The van der Waals surface area contributed by atoms with Crippen LogP contribution in [-0.2, 0) is 9.59 Å². The van der Waals surface area contributed by atoms with Gasteiger partial charge in [-0.15, -0.1) is 11.8 Å². The highest BCUT2D eigenvalue weighted by Crippen LogP contribution is 2.32. The minimum absolute atomic E-state index is 0.0375. The Morgan fingerprint density at radius 3 is 2.16 bits per heavy atom. The van der Waals surface area contributed by atoms with Gasteiger partial charge in [0.15, 0.2) is 34.8 Å². The van der Waals surface area contributed by atoms with E-state index in [-0.39, 0.29) is 23.2 Å². The molecule has 0 saturated heterocycles. The maximum atomic E-state index is 13.9. The topological polar surface area (TPSA) is 106 Å². The van der Waals surface area contributed by atoms with Gasteiger partial charge in [-0.3, -0.25) is 14.4 Å². The highest BCUT2D eigenvalue weighted by Gasteiger charge is 2.21. The molecule has 0 bridgehead atoms. The van der Waals surface area contributed by atoms with Crippen molar-refractivity contribution in [3.63, 3.8) is 0 Å². The SMILES string of the molecule is COc1cccc(/C=C(/NC(=O)c2ccccc2)C(=O)Nc2cccc(SCC(=O)Nc3c(F)c(F)cc(F)c3F)c2)c1OC. The molecule has 0 atom stereocenters. The summed E-state index contributed by atoms with van der Waals surface area (Å²) in [4.78, 5) is 39.2. The maximum absolute atomic E-state index is 13.9. The van der Waals surface area contributed by atoms with Crippen molar-refractivity contribution in [2.24, 2.45) is 0 Å². The first-order valence-corrected chi connectivity index (χ1v) is 14.1. The molecule has 0 heterocycles. The van der Waals surface area contributed by atoms with Crippen LogP contribution in [0.2, 0.25) is 0 Å². The molecule has 8 nitrogen and oxygen atoms in total. The Kier molecular flexibility index (Phi) is 10.8. The monoisotopic (exact) mass is 639 g/mol. The van der Waals surface area contributed by atoms with Crippen molar-refractivity contribution in [1.82, 2.24) is 5.32 Å². The zero-order chi connectivity index (χ0) is 32.5. The van der Waals surface area contributed by atoms with Gasteiger partial charge in [-0.1, -0.05) is 36.4 Å². The Hall–Kier alpha value is -5.30. The molecule has 45 heavy (non-hydrogen) atoms. The lowest BCUT2D eigenvalue weighted by atomic mass is 10.1. The largest absolute Gasteiger partial charge is 0.493 e. The molecule has 3 amide bonds. The second-order valence-electron chi connectivity index (χ2n) is 9.12. The zero-order valence-electron chi connectivity index (χ0n) is 23.8. The highest BCUT2D eigenvalue weighted by atomic mass is 32.2. The molecule has 0 aliphatic heterocycles. The number of halogens is 4. The van der Waals surface area contributed by atoms with Gasteiger partial charge < -0.3 is 25.4 Å². The molecule has 4 aromatic carbocycles. The molecule has 0 aromatic heterocycles. The molecule has 0 radical (unpaired) electrons. The van der Waals surface area contributed by atoms with E-state index >= 15 is 0 Å². The van der Waals surface area contributed by atoms with Gasteiger partial charge >= 0.3 is 0 Å². The van der Waals surface area contributed by atoms with Crippen molar-refractivity contribution in [3.05, 3.63) is 119 Å². The van der Waals surface area contributed by atoms with Crippen LogP contribution in [0, 0.1) is 23.3 Å². The van der Waals surface area contributed by atoms with Crippen molar-refractivity contribution in [2.75, 3.05) is 30.6 Å². The van der Waals surface area contributed by atoms with Gasteiger partial charge in [-0.05, 0) is 42.5 Å². The summed E-state index contributed by atoms with van der Waals surface area (Å²) in [5.74, 6) is -8.58. The molecule has 0 aliphatic carbocycles. The van der Waals surface area contributed by atoms with Gasteiger partial charge in [-0.2, -0.15) is 0 Å². The van der Waals surface area contributed by atoms with E-state index in [2.05, 4.69) is 10.6 Å². The van der Waals surface area contributed by atoms with Crippen LogP contribution in [0.3, 0.4) is 0 Å². The second kappa shape index (κ2) is 14.9. The number of hydrogen-bond donors (Lipinski definition) is 3. The fourth-order valence-corrected chi connectivity index (χ4v) is 4.75. The third-order valence-electron chi connectivity index (χ3n) is 6.10. The fourth-order valence-electron chi connectivity index (χ4n) is 3.99. The highest BCUT2D eigenvalue weighted by molar-refractivity contribution is 8.00. The Morgan fingerprint density at radius 1 is 0.800 bits per heavy atom. The lowest BCUT2D eigenvalue weighted by molar-refractivity contribution is -0.114. The van der Waals surface area contributed by atoms with Gasteiger partial charge in [0.1, 0.15) is 11.4 Å². The molecular weight excluding hydrogens is 614 g/mol. The van der Waals surface area contributed by atoms with Gasteiger partial charge in [0.2, 0.25) is 5.91 Å². The van der Waals surface area contributed by atoms with Crippen LogP contribution in [0.25, 0.3) is 6.08 Å². The molecule has 3 N–H and O–H groups in total. The van der Waals surface area contributed by atoms with E-state index in [4.69, 9.17) is 9.47 Å². The van der Waals surface area contributed by atoms with Crippen LogP contribution in [0.4, 0.5) is 28.9 Å². The molecule has 4 rings (SSSR count). The van der Waals surface area contributed by atoms with Gasteiger partial charge in [-0.25, -0.2) is 17.6 Å². The summed E-state index contributed by atoms with van der Waals surface area (Å²) >= 11 is 0.927. The molecule has 0 fully saturated rings. The van der Waals surface area contributed by atoms with Crippen molar-refractivity contribution >= 4 is 46.9 Å². The predicted octanol–water partition coefficient (Wildman–Crippen LogP) is 6.40. The average molecular weight is 640 g/mol. The summed E-state index contributed by atoms with van der Waals surface area (Å²) in [7, 11) is 2.90. The quantitative estimate of drug-likeness (QED) is 0.0760. The first kappa shape index (κ1) is 32.6. The van der Waals surface area contributed by atoms with Crippen LogP contribution < -0.4 is 25.4 Å². The first-order chi connectivity index (χ1) is 21.6. The molecule has 13 heteroatoms. The number of anilines is 2. The minimum Gasteiger partial charge on any atom is -0.493 e. The van der Waals surface area contributed by atoms with E-state index < -0.39 is 46.7 Å². The normalized spacial score (nSPS) is 11.0. The summed E-state index contributed by atoms with van der Waals surface area (Å²) in [6.45, 7) is 0. The molecule has 0 spiro atoms. The Morgan fingerprint density at radius 2 is 1.49 bits per heavy atom. The van der Waals surface area contributed by atoms with E-state index in [1.807, 2.05) is 5.32 Å². The van der Waals surface area contributed by atoms with E-state index in [1.54, 1.807) is 66.7 Å². The predicted molar refractivity (Wildman–Crippen MR) is 162 cm³/mol. The van der Waals surface area contributed by atoms with Crippen LogP contribution >= 0.6 is 11.8 Å². The number of methoxy groups -OCH3 is 2. The van der Waals surface area contributed by atoms with Crippen molar-refractivity contribution in [2.45, 2.75) is 4.90 Å². The maximum Gasteiger partial charge on any atom is 0.272 e. The molecular formula is C32H25F4N3O5S. The van der Waals surface area contributed by atoms with Crippen LogP contribution in [0.1, 0.15) is 15.9 Å². The van der Waals surface area contributed by atoms with Crippen LogP contribution in [-0.4, -0.2) is 37.7 Å². The Bertz CT molecular complexity index is 1740. The Balaban J connectivity index is 1.52. The van der Waals surface area contributed by atoms with Crippen molar-refractivity contribution in [1.29, 1.82) is 0 Å². The number of carbonyl (C=O) groups excluding carboxylic acids is 3. The lowest BCUT2D eigenvalue weighted by Gasteiger charge is -2.14. The number of ether oxygens (including phenoxy) is 2. The lowest BCUT2D eigenvalue weighted by Crippen LogP contribution is -2.30. The second-order valence-corrected chi connectivity index (χ2v) is 10.2. The molecule has 0 saturated carbocycles. The number of rotatable bonds is 11.